The summed E-state index contributed by atoms with van der Waals surface area (Å²) in [5.41, 5.74) is 8.01. The number of nitrogens with one attached hydrogen (secondary N) is 1. The number of hydrogen-bond donors (Lipinski definition) is 2. The number of nitrogen functional groups attached to an aromatic ring is 1. The summed E-state index contributed by atoms with van der Waals surface area (Å²) in [6.07, 6.45) is 2.50. The van der Waals surface area contributed by atoms with Crippen LogP contribution in [0.5, 0.6) is 5.75 Å². The first-order valence-corrected chi connectivity index (χ1v) is 9.37. The highest BCUT2D eigenvalue weighted by molar-refractivity contribution is 6.28. The van der Waals surface area contributed by atoms with Gasteiger partial charge in [0.25, 0.3) is 0 Å². The Hall–Kier alpha value is -2.93. The molecule has 0 spiro atoms. The maximum Gasteiger partial charge on any atom is 0.223 e. The molecule has 0 amide bonds. The molecule has 151 valence electrons. The predicted octanol–water partition coefficient (Wildman–Crippen LogP) is 5.11. The van der Waals surface area contributed by atoms with Gasteiger partial charge in [0.15, 0.2) is 5.82 Å². The minimum atomic E-state index is -0.635. The number of aromatic nitrogens is 2. The van der Waals surface area contributed by atoms with Gasteiger partial charge in [0.05, 0.1) is 12.8 Å². The fraction of sp³-hybridized carbons (Fsp3) is 0.190. The monoisotopic (exact) mass is 417 g/mol. The lowest BCUT2D eigenvalue weighted by Crippen LogP contribution is -2.07. The third kappa shape index (κ3) is 5.77. The molecule has 1 aromatic heterocycles. The number of halogens is 3. The van der Waals surface area contributed by atoms with Crippen LogP contribution in [0, 0.1) is 18.6 Å². The number of ether oxygens (including phenoxy) is 1. The average Bonchev–Trinajstić information content (AvgIpc) is 2.66. The van der Waals surface area contributed by atoms with E-state index in [9.17, 15) is 8.78 Å². The Balaban J connectivity index is 1.57. The van der Waals surface area contributed by atoms with Crippen molar-refractivity contribution in [3.63, 3.8) is 0 Å². The Morgan fingerprint density at radius 2 is 1.97 bits per heavy atom. The van der Waals surface area contributed by atoms with Crippen LogP contribution >= 0.6 is 11.6 Å². The van der Waals surface area contributed by atoms with E-state index < -0.39 is 11.6 Å². The molecule has 3 N–H and O–H groups in total. The molecule has 0 unspecified atom stereocenters. The lowest BCUT2D eigenvalue weighted by molar-refractivity contribution is 0.308. The van der Waals surface area contributed by atoms with Gasteiger partial charge in [0, 0.05) is 29.5 Å². The molecule has 0 saturated carbocycles. The van der Waals surface area contributed by atoms with Crippen LogP contribution in [0.15, 0.2) is 42.6 Å². The maximum absolute atomic E-state index is 14.1. The quantitative estimate of drug-likeness (QED) is 0.302. The van der Waals surface area contributed by atoms with Gasteiger partial charge in [-0.3, -0.25) is 0 Å². The second-order valence-electron chi connectivity index (χ2n) is 6.42. The molecule has 8 heteroatoms. The largest absolute Gasteiger partial charge is 0.494 e. The summed E-state index contributed by atoms with van der Waals surface area (Å²) in [5.74, 6) is -0.401. The van der Waals surface area contributed by atoms with Crippen molar-refractivity contribution in [1.29, 1.82) is 0 Å². The van der Waals surface area contributed by atoms with Crippen LogP contribution in [0.1, 0.15) is 18.4 Å². The van der Waals surface area contributed by atoms with Crippen LogP contribution in [0.25, 0.3) is 11.3 Å². The van der Waals surface area contributed by atoms with E-state index in [-0.39, 0.29) is 11.0 Å². The number of anilines is 2. The highest BCUT2D eigenvalue weighted by Gasteiger charge is 2.14. The zero-order valence-electron chi connectivity index (χ0n) is 15.6. The van der Waals surface area contributed by atoms with Gasteiger partial charge in [-0.25, -0.2) is 18.7 Å². The van der Waals surface area contributed by atoms with Crippen LogP contribution in [-0.2, 0) is 0 Å². The molecular formula is C21H20ClF2N4O. The first kappa shape index (κ1) is 20.8. The van der Waals surface area contributed by atoms with E-state index in [1.165, 1.54) is 18.2 Å². The first-order valence-electron chi connectivity index (χ1n) is 8.99. The summed E-state index contributed by atoms with van der Waals surface area (Å²) < 4.78 is 33.5. The third-order valence-electron chi connectivity index (χ3n) is 4.10. The van der Waals surface area contributed by atoms with Crippen molar-refractivity contribution in [1.82, 2.24) is 9.97 Å². The van der Waals surface area contributed by atoms with E-state index in [2.05, 4.69) is 22.2 Å². The highest BCUT2D eigenvalue weighted by atomic mass is 35.5. The molecule has 5 nitrogen and oxygen atoms in total. The van der Waals surface area contributed by atoms with Crippen molar-refractivity contribution in [3.8, 4) is 17.0 Å². The molecule has 1 heterocycles. The van der Waals surface area contributed by atoms with Crippen LogP contribution in [-0.4, -0.2) is 23.1 Å². The number of unbranched alkanes of at least 4 members (excludes halogenated alkanes) is 1. The Bertz CT molecular complexity index is 980. The maximum atomic E-state index is 14.1. The summed E-state index contributed by atoms with van der Waals surface area (Å²) >= 11 is 5.77. The van der Waals surface area contributed by atoms with Gasteiger partial charge in [-0.05, 0) is 67.3 Å². The molecule has 0 aliphatic carbocycles. The fourth-order valence-electron chi connectivity index (χ4n) is 2.81. The molecule has 0 bridgehead atoms. The van der Waals surface area contributed by atoms with E-state index in [4.69, 9.17) is 22.1 Å². The van der Waals surface area contributed by atoms with Gasteiger partial charge in [0.1, 0.15) is 17.3 Å². The Morgan fingerprint density at radius 1 is 1.14 bits per heavy atom. The van der Waals surface area contributed by atoms with Crippen molar-refractivity contribution in [2.45, 2.75) is 12.8 Å². The minimum Gasteiger partial charge on any atom is -0.494 e. The van der Waals surface area contributed by atoms with Crippen molar-refractivity contribution < 1.29 is 13.5 Å². The lowest BCUT2D eigenvalue weighted by Gasteiger charge is -2.13. The summed E-state index contributed by atoms with van der Waals surface area (Å²) in [4.78, 5) is 7.52. The molecule has 0 saturated heterocycles. The molecule has 2 aromatic carbocycles. The number of nitrogens with zero attached hydrogens (tertiary/aromatic N) is 2. The van der Waals surface area contributed by atoms with Crippen LogP contribution < -0.4 is 15.8 Å². The summed E-state index contributed by atoms with van der Waals surface area (Å²) in [7, 11) is 0. The van der Waals surface area contributed by atoms with Crippen molar-refractivity contribution >= 4 is 23.0 Å². The highest BCUT2D eigenvalue weighted by Crippen LogP contribution is 2.30. The average molecular weight is 418 g/mol. The minimum absolute atomic E-state index is 0.0153. The summed E-state index contributed by atoms with van der Waals surface area (Å²) in [6.45, 7) is 4.88. The van der Waals surface area contributed by atoms with E-state index in [0.717, 1.165) is 24.6 Å². The molecular weight excluding hydrogens is 398 g/mol. The molecule has 3 aromatic rings. The van der Waals surface area contributed by atoms with Gasteiger partial charge in [-0.15, -0.1) is 0 Å². The van der Waals surface area contributed by atoms with Gasteiger partial charge >= 0.3 is 0 Å². The Kier molecular flexibility index (Phi) is 6.82. The first-order chi connectivity index (χ1) is 13.9. The SMILES string of the molecule is [CH2]c1cc(N)cc(OCCCCNc2cc(F)ccc2-c2nc(Cl)ncc2F)c1. The van der Waals surface area contributed by atoms with Crippen LogP contribution in [0.2, 0.25) is 5.28 Å². The topological polar surface area (TPSA) is 73.1 Å². The van der Waals surface area contributed by atoms with Gasteiger partial charge in [-0.2, -0.15) is 0 Å². The second-order valence-corrected chi connectivity index (χ2v) is 6.76. The Morgan fingerprint density at radius 3 is 2.76 bits per heavy atom. The summed E-state index contributed by atoms with van der Waals surface area (Å²) in [6, 6.07) is 9.32. The normalized spacial score (nSPS) is 10.8. The zero-order chi connectivity index (χ0) is 20.8. The second kappa shape index (κ2) is 9.52. The third-order valence-corrected chi connectivity index (χ3v) is 4.28. The zero-order valence-corrected chi connectivity index (χ0v) is 16.3. The van der Waals surface area contributed by atoms with Crippen LogP contribution in [0.4, 0.5) is 20.2 Å². The number of nitrogens with two attached hydrogens (primary N) is 1. The molecule has 29 heavy (non-hydrogen) atoms. The molecule has 3 rings (SSSR count). The molecule has 0 atom stereocenters. The fourth-order valence-corrected chi connectivity index (χ4v) is 2.95. The number of rotatable bonds is 8. The number of benzene rings is 2. The van der Waals surface area contributed by atoms with Crippen LogP contribution in [0.3, 0.4) is 0 Å². The summed E-state index contributed by atoms with van der Waals surface area (Å²) in [5, 5.41) is 3.04. The van der Waals surface area contributed by atoms with E-state index in [0.29, 0.717) is 35.8 Å². The van der Waals surface area contributed by atoms with Gasteiger partial charge in [0.2, 0.25) is 5.28 Å². The predicted molar refractivity (Wildman–Crippen MR) is 111 cm³/mol. The van der Waals surface area contributed by atoms with Crippen molar-refractivity contribution in [2.24, 2.45) is 0 Å². The van der Waals surface area contributed by atoms with Crippen molar-refractivity contribution in [2.75, 3.05) is 24.2 Å². The van der Waals surface area contributed by atoms with Crippen molar-refractivity contribution in [3.05, 3.63) is 72.0 Å². The lowest BCUT2D eigenvalue weighted by atomic mass is 10.1. The van der Waals surface area contributed by atoms with Gasteiger partial charge < -0.3 is 15.8 Å². The Labute approximate surface area is 172 Å². The smallest absolute Gasteiger partial charge is 0.223 e. The van der Waals surface area contributed by atoms with E-state index in [1.807, 2.05) is 6.07 Å². The molecule has 1 radical (unpaired) electrons. The van der Waals surface area contributed by atoms with E-state index in [1.54, 1.807) is 12.1 Å². The van der Waals surface area contributed by atoms with E-state index >= 15 is 0 Å². The molecule has 0 aliphatic rings. The molecule has 0 fully saturated rings. The standard InChI is InChI=1S/C21H20ClF2N4O/c1-13-8-15(25)11-16(9-13)29-7-3-2-6-26-19-10-14(23)4-5-17(19)20-18(24)12-27-21(22)28-20/h4-5,8-12,26H,1-3,6-7,25H2. The number of hydrogen-bond acceptors (Lipinski definition) is 5. The van der Waals surface area contributed by atoms with Gasteiger partial charge in [-0.1, -0.05) is 0 Å². The molecule has 0 aliphatic heterocycles.